The van der Waals surface area contributed by atoms with Gasteiger partial charge in [-0.05, 0) is 52.8 Å². The first-order chi connectivity index (χ1) is 9.54. The number of rotatable bonds is 3. The van der Waals surface area contributed by atoms with E-state index in [9.17, 15) is 0 Å². The molecule has 0 N–H and O–H groups in total. The quantitative estimate of drug-likeness (QED) is 0.638. The first-order valence-electron chi connectivity index (χ1n) is 7.48. The van der Waals surface area contributed by atoms with E-state index in [-0.39, 0.29) is 5.41 Å². The Labute approximate surface area is 130 Å². The van der Waals surface area contributed by atoms with Crippen molar-refractivity contribution in [2.45, 2.75) is 45.4 Å². The molecular weight excluding hydrogens is 308 g/mol. The van der Waals surface area contributed by atoms with E-state index in [0.29, 0.717) is 0 Å². The topological polar surface area (TPSA) is 0 Å². The van der Waals surface area contributed by atoms with E-state index in [1.165, 1.54) is 51.6 Å². The van der Waals surface area contributed by atoms with E-state index in [1.54, 1.807) is 0 Å². The SMILES string of the molecule is CCCCc1ccc2c(c1)C(C)(C)c1cc(Br)ccc1-2. The van der Waals surface area contributed by atoms with Gasteiger partial charge < -0.3 is 0 Å². The third kappa shape index (κ3) is 2.13. The van der Waals surface area contributed by atoms with E-state index >= 15 is 0 Å². The van der Waals surface area contributed by atoms with Crippen molar-refractivity contribution in [1.29, 1.82) is 0 Å². The molecular formula is C19H21Br. The average molecular weight is 329 g/mol. The van der Waals surface area contributed by atoms with Crippen LogP contribution in [0.25, 0.3) is 11.1 Å². The van der Waals surface area contributed by atoms with Crippen LogP contribution in [0, 0.1) is 0 Å². The molecule has 1 aliphatic carbocycles. The van der Waals surface area contributed by atoms with Gasteiger partial charge in [-0.25, -0.2) is 0 Å². The predicted molar refractivity (Wildman–Crippen MR) is 90.3 cm³/mol. The maximum absolute atomic E-state index is 3.61. The molecule has 0 aromatic heterocycles. The van der Waals surface area contributed by atoms with Crippen LogP contribution in [0.3, 0.4) is 0 Å². The van der Waals surface area contributed by atoms with Gasteiger partial charge in [-0.1, -0.05) is 67.4 Å². The van der Waals surface area contributed by atoms with Crippen LogP contribution in [-0.4, -0.2) is 0 Å². The molecule has 0 amide bonds. The number of hydrogen-bond acceptors (Lipinski definition) is 0. The maximum Gasteiger partial charge on any atom is 0.0178 e. The van der Waals surface area contributed by atoms with E-state index < -0.39 is 0 Å². The monoisotopic (exact) mass is 328 g/mol. The van der Waals surface area contributed by atoms with Crippen molar-refractivity contribution in [3.8, 4) is 11.1 Å². The van der Waals surface area contributed by atoms with Gasteiger partial charge in [-0.2, -0.15) is 0 Å². The van der Waals surface area contributed by atoms with Gasteiger partial charge in [0.25, 0.3) is 0 Å². The van der Waals surface area contributed by atoms with Gasteiger partial charge in [-0.15, -0.1) is 0 Å². The van der Waals surface area contributed by atoms with Crippen molar-refractivity contribution in [3.63, 3.8) is 0 Å². The van der Waals surface area contributed by atoms with Crippen LogP contribution in [0.1, 0.15) is 50.3 Å². The van der Waals surface area contributed by atoms with Crippen molar-refractivity contribution in [2.75, 3.05) is 0 Å². The first-order valence-corrected chi connectivity index (χ1v) is 8.27. The summed E-state index contributed by atoms with van der Waals surface area (Å²) in [5.41, 5.74) is 7.32. The number of aryl methyl sites for hydroxylation is 1. The molecule has 2 aromatic carbocycles. The Morgan fingerprint density at radius 1 is 0.950 bits per heavy atom. The first kappa shape index (κ1) is 13.9. The molecule has 3 rings (SSSR count). The molecule has 1 aliphatic rings. The summed E-state index contributed by atoms with van der Waals surface area (Å²) >= 11 is 3.61. The molecule has 0 nitrogen and oxygen atoms in total. The lowest BCUT2D eigenvalue weighted by Crippen LogP contribution is -2.15. The zero-order chi connectivity index (χ0) is 14.3. The summed E-state index contributed by atoms with van der Waals surface area (Å²) in [6, 6.07) is 13.7. The molecule has 0 radical (unpaired) electrons. The molecule has 0 saturated heterocycles. The fraction of sp³-hybridized carbons (Fsp3) is 0.368. The van der Waals surface area contributed by atoms with E-state index in [2.05, 4.69) is 73.1 Å². The molecule has 0 aliphatic heterocycles. The van der Waals surface area contributed by atoms with Crippen molar-refractivity contribution in [2.24, 2.45) is 0 Å². The average Bonchev–Trinajstić information content (AvgIpc) is 2.65. The Morgan fingerprint density at radius 2 is 1.60 bits per heavy atom. The third-order valence-corrected chi connectivity index (χ3v) is 5.01. The minimum atomic E-state index is 0.108. The van der Waals surface area contributed by atoms with Gasteiger partial charge in [-0.3, -0.25) is 0 Å². The zero-order valence-corrected chi connectivity index (χ0v) is 14.0. The number of benzene rings is 2. The highest BCUT2D eigenvalue weighted by Crippen LogP contribution is 2.49. The van der Waals surface area contributed by atoms with E-state index in [4.69, 9.17) is 0 Å². The Bertz CT molecular complexity index is 653. The van der Waals surface area contributed by atoms with Crippen molar-refractivity contribution in [3.05, 3.63) is 57.6 Å². The Hall–Kier alpha value is -1.08. The molecule has 0 atom stereocenters. The lowest BCUT2D eigenvalue weighted by Gasteiger charge is -2.22. The highest BCUT2D eigenvalue weighted by molar-refractivity contribution is 9.10. The van der Waals surface area contributed by atoms with Gasteiger partial charge >= 0.3 is 0 Å². The van der Waals surface area contributed by atoms with Gasteiger partial charge in [0.15, 0.2) is 0 Å². The van der Waals surface area contributed by atoms with Crippen LogP contribution in [0.15, 0.2) is 40.9 Å². The fourth-order valence-corrected chi connectivity index (χ4v) is 3.65. The summed E-state index contributed by atoms with van der Waals surface area (Å²) in [4.78, 5) is 0. The van der Waals surface area contributed by atoms with E-state index in [0.717, 1.165) is 0 Å². The van der Waals surface area contributed by atoms with Gasteiger partial charge in [0.2, 0.25) is 0 Å². The Balaban J connectivity index is 2.11. The molecule has 0 bridgehead atoms. The molecule has 0 unspecified atom stereocenters. The van der Waals surface area contributed by atoms with E-state index in [1.807, 2.05) is 0 Å². The van der Waals surface area contributed by atoms with Crippen molar-refractivity contribution >= 4 is 15.9 Å². The van der Waals surface area contributed by atoms with Crippen LogP contribution in [0.2, 0.25) is 0 Å². The van der Waals surface area contributed by atoms with Gasteiger partial charge in [0, 0.05) is 9.89 Å². The second kappa shape index (κ2) is 5.04. The maximum atomic E-state index is 3.61. The molecule has 104 valence electrons. The molecule has 20 heavy (non-hydrogen) atoms. The van der Waals surface area contributed by atoms with Crippen LogP contribution < -0.4 is 0 Å². The number of unbranched alkanes of at least 4 members (excludes halogenated alkanes) is 1. The minimum absolute atomic E-state index is 0.108. The summed E-state index contributed by atoms with van der Waals surface area (Å²) < 4.78 is 1.17. The normalized spacial score (nSPS) is 15.0. The standard InChI is InChI=1S/C19H21Br/c1-4-5-6-13-7-9-15-16-10-8-14(20)12-18(16)19(2,3)17(15)11-13/h7-12H,4-6H2,1-3H3. The highest BCUT2D eigenvalue weighted by Gasteiger charge is 2.35. The molecule has 2 aromatic rings. The molecule has 0 spiro atoms. The summed E-state index contributed by atoms with van der Waals surface area (Å²) in [5.74, 6) is 0. The summed E-state index contributed by atoms with van der Waals surface area (Å²) in [6.07, 6.45) is 3.73. The fourth-order valence-electron chi connectivity index (χ4n) is 3.29. The Morgan fingerprint density at radius 3 is 2.30 bits per heavy atom. The molecule has 0 heterocycles. The molecule has 0 fully saturated rings. The highest BCUT2D eigenvalue weighted by atomic mass is 79.9. The smallest absolute Gasteiger partial charge is 0.0178 e. The van der Waals surface area contributed by atoms with Gasteiger partial charge in [0.1, 0.15) is 0 Å². The number of fused-ring (bicyclic) bond motifs is 3. The molecule has 0 saturated carbocycles. The number of halogens is 1. The Kier molecular flexibility index (Phi) is 3.50. The summed E-state index contributed by atoms with van der Waals surface area (Å²) in [7, 11) is 0. The van der Waals surface area contributed by atoms with Crippen molar-refractivity contribution < 1.29 is 0 Å². The zero-order valence-electron chi connectivity index (χ0n) is 12.5. The van der Waals surface area contributed by atoms with Crippen LogP contribution >= 0.6 is 15.9 Å². The van der Waals surface area contributed by atoms with Crippen LogP contribution in [-0.2, 0) is 11.8 Å². The lowest BCUT2D eigenvalue weighted by atomic mass is 9.82. The largest absolute Gasteiger partial charge is 0.0654 e. The predicted octanol–water partition coefficient (Wildman–Crippen LogP) is 6.10. The third-order valence-electron chi connectivity index (χ3n) is 4.52. The van der Waals surface area contributed by atoms with Gasteiger partial charge in [0.05, 0.1) is 0 Å². The minimum Gasteiger partial charge on any atom is -0.0654 e. The number of hydrogen-bond donors (Lipinski definition) is 0. The second-order valence-electron chi connectivity index (χ2n) is 6.30. The summed E-state index contributed by atoms with van der Waals surface area (Å²) in [5, 5.41) is 0. The lowest BCUT2D eigenvalue weighted by molar-refractivity contribution is 0.658. The second-order valence-corrected chi connectivity index (χ2v) is 7.21. The molecule has 1 heteroatoms. The van der Waals surface area contributed by atoms with Crippen LogP contribution in [0.5, 0.6) is 0 Å². The summed E-state index contributed by atoms with van der Waals surface area (Å²) in [6.45, 7) is 6.94. The van der Waals surface area contributed by atoms with Crippen LogP contribution in [0.4, 0.5) is 0 Å². The van der Waals surface area contributed by atoms with Crippen molar-refractivity contribution in [1.82, 2.24) is 0 Å².